The Morgan fingerprint density at radius 1 is 1.30 bits per heavy atom. The molecule has 0 aliphatic carbocycles. The van der Waals surface area contributed by atoms with E-state index in [9.17, 15) is 9.90 Å². The molecule has 110 valence electrons. The number of benzene rings is 1. The number of carboxylic acid groups (broad SMARTS) is 1. The largest absolute Gasteiger partial charge is 0.491 e. The fourth-order valence-corrected chi connectivity index (χ4v) is 2.20. The van der Waals surface area contributed by atoms with Crippen LogP contribution in [-0.2, 0) is 14.3 Å². The summed E-state index contributed by atoms with van der Waals surface area (Å²) in [5, 5.41) is 9.19. The van der Waals surface area contributed by atoms with Gasteiger partial charge in [-0.3, -0.25) is 0 Å². The highest BCUT2D eigenvalue weighted by Gasteiger charge is 2.62. The van der Waals surface area contributed by atoms with Gasteiger partial charge < -0.3 is 19.3 Å². The quantitative estimate of drug-likeness (QED) is 0.585. The number of hydrogen-bond donors (Lipinski definition) is 1. The van der Waals surface area contributed by atoms with Crippen molar-refractivity contribution in [2.45, 2.75) is 32.0 Å². The van der Waals surface area contributed by atoms with E-state index in [4.69, 9.17) is 14.2 Å². The highest BCUT2D eigenvalue weighted by Crippen LogP contribution is 2.52. The van der Waals surface area contributed by atoms with Crippen LogP contribution < -0.4 is 4.74 Å². The minimum atomic E-state index is -1.04. The number of epoxide rings is 1. The monoisotopic (exact) mass is 280 g/mol. The van der Waals surface area contributed by atoms with E-state index >= 15 is 0 Å². The maximum Gasteiger partial charge on any atom is 0.339 e. The average molecular weight is 280 g/mol. The van der Waals surface area contributed by atoms with Gasteiger partial charge >= 0.3 is 5.97 Å². The summed E-state index contributed by atoms with van der Waals surface area (Å²) in [6.07, 6.45) is 0.0991. The Labute approximate surface area is 118 Å². The molecule has 0 aromatic heterocycles. The van der Waals surface area contributed by atoms with Crippen molar-refractivity contribution in [3.05, 3.63) is 29.8 Å². The maximum absolute atomic E-state index is 11.2. The molecule has 0 bridgehead atoms. The molecule has 1 aliphatic heterocycles. The minimum Gasteiger partial charge on any atom is -0.491 e. The molecule has 1 heterocycles. The summed E-state index contributed by atoms with van der Waals surface area (Å²) in [6.45, 7) is 5.49. The summed E-state index contributed by atoms with van der Waals surface area (Å²) in [5.41, 5.74) is -0.177. The number of carboxylic acids is 1. The number of carbonyl (C=O) groups is 1. The van der Waals surface area contributed by atoms with Crippen LogP contribution in [0.3, 0.4) is 0 Å². The van der Waals surface area contributed by atoms with Crippen LogP contribution in [0.1, 0.15) is 31.9 Å². The van der Waals surface area contributed by atoms with Gasteiger partial charge in [0.1, 0.15) is 18.5 Å². The standard InChI is InChI=1S/C15H20O5/c1-3-15(14(16)17)13(20-15)11-5-7-12(8-6-11)19-10-9-18-4-2/h5-8,13H,3-4,9-10H2,1-2H3,(H,16,17). The molecule has 1 aromatic rings. The van der Waals surface area contributed by atoms with Crippen LogP contribution in [0.15, 0.2) is 24.3 Å². The molecule has 5 nitrogen and oxygen atoms in total. The fraction of sp³-hybridized carbons (Fsp3) is 0.533. The SMILES string of the molecule is CCOCCOc1ccc(C2OC2(CC)C(=O)O)cc1. The summed E-state index contributed by atoms with van der Waals surface area (Å²) in [7, 11) is 0. The molecular formula is C15H20O5. The van der Waals surface area contributed by atoms with Crippen LogP contribution in [0, 0.1) is 0 Å². The molecule has 1 fully saturated rings. The predicted molar refractivity (Wildman–Crippen MR) is 72.9 cm³/mol. The van der Waals surface area contributed by atoms with Crippen LogP contribution in [0.4, 0.5) is 0 Å². The van der Waals surface area contributed by atoms with Crippen LogP contribution in [0.5, 0.6) is 5.75 Å². The van der Waals surface area contributed by atoms with Crippen molar-refractivity contribution in [2.75, 3.05) is 19.8 Å². The van der Waals surface area contributed by atoms with Crippen molar-refractivity contribution in [3.63, 3.8) is 0 Å². The molecule has 0 saturated carbocycles. The second-order valence-corrected chi connectivity index (χ2v) is 4.66. The van der Waals surface area contributed by atoms with E-state index in [0.29, 0.717) is 26.2 Å². The minimum absolute atomic E-state index is 0.359. The molecule has 0 spiro atoms. The van der Waals surface area contributed by atoms with E-state index in [1.165, 1.54) is 0 Å². The van der Waals surface area contributed by atoms with Gasteiger partial charge in [0, 0.05) is 6.61 Å². The third kappa shape index (κ3) is 2.94. The highest BCUT2D eigenvalue weighted by atomic mass is 16.6. The smallest absolute Gasteiger partial charge is 0.339 e. The molecule has 0 radical (unpaired) electrons. The summed E-state index contributed by atoms with van der Waals surface area (Å²) in [4.78, 5) is 11.2. The highest BCUT2D eigenvalue weighted by molar-refractivity contribution is 5.81. The average Bonchev–Trinajstić information content (AvgIpc) is 3.20. The zero-order chi connectivity index (χ0) is 14.6. The van der Waals surface area contributed by atoms with Gasteiger partial charge in [-0.15, -0.1) is 0 Å². The molecule has 1 N–H and O–H groups in total. The van der Waals surface area contributed by atoms with Gasteiger partial charge in [0.05, 0.1) is 6.61 Å². The third-order valence-electron chi connectivity index (χ3n) is 3.47. The molecule has 20 heavy (non-hydrogen) atoms. The summed E-state index contributed by atoms with van der Waals surface area (Å²) < 4.78 is 16.1. The molecule has 1 aliphatic rings. The molecule has 2 rings (SSSR count). The first-order valence-corrected chi connectivity index (χ1v) is 6.85. The van der Waals surface area contributed by atoms with Gasteiger partial charge in [-0.2, -0.15) is 0 Å². The molecule has 2 unspecified atom stereocenters. The van der Waals surface area contributed by atoms with Crippen LogP contribution in [0.2, 0.25) is 0 Å². The van der Waals surface area contributed by atoms with Gasteiger partial charge in [0.25, 0.3) is 0 Å². The molecular weight excluding hydrogens is 260 g/mol. The molecule has 1 aromatic carbocycles. The van der Waals surface area contributed by atoms with Crippen molar-refractivity contribution in [1.29, 1.82) is 0 Å². The van der Waals surface area contributed by atoms with Gasteiger partial charge in [0.15, 0.2) is 5.60 Å². The Bertz CT molecular complexity index is 456. The zero-order valence-corrected chi connectivity index (χ0v) is 11.8. The van der Waals surface area contributed by atoms with E-state index in [2.05, 4.69) is 0 Å². The van der Waals surface area contributed by atoms with Gasteiger partial charge in [-0.1, -0.05) is 19.1 Å². The van der Waals surface area contributed by atoms with Crippen LogP contribution >= 0.6 is 0 Å². The van der Waals surface area contributed by atoms with Crippen LogP contribution in [0.25, 0.3) is 0 Å². The van der Waals surface area contributed by atoms with E-state index in [1.807, 2.05) is 38.1 Å². The Morgan fingerprint density at radius 3 is 2.50 bits per heavy atom. The second-order valence-electron chi connectivity index (χ2n) is 4.66. The second kappa shape index (κ2) is 6.24. The lowest BCUT2D eigenvalue weighted by molar-refractivity contribution is -0.143. The molecule has 5 heteroatoms. The summed E-state index contributed by atoms with van der Waals surface area (Å²) >= 11 is 0. The van der Waals surface area contributed by atoms with Crippen molar-refractivity contribution in [3.8, 4) is 5.75 Å². The number of rotatable bonds is 8. The lowest BCUT2D eigenvalue weighted by atomic mass is 9.97. The Kier molecular flexibility index (Phi) is 4.62. The fourth-order valence-electron chi connectivity index (χ4n) is 2.20. The topological polar surface area (TPSA) is 68.3 Å². The van der Waals surface area contributed by atoms with E-state index in [-0.39, 0.29) is 6.10 Å². The lowest BCUT2D eigenvalue weighted by Gasteiger charge is -2.07. The molecule has 1 saturated heterocycles. The first-order chi connectivity index (χ1) is 9.64. The van der Waals surface area contributed by atoms with Crippen LogP contribution in [-0.4, -0.2) is 36.5 Å². The summed E-state index contributed by atoms with van der Waals surface area (Å²) in [6, 6.07) is 7.35. The Morgan fingerprint density at radius 2 is 2.00 bits per heavy atom. The van der Waals surface area contributed by atoms with Gasteiger partial charge in [-0.25, -0.2) is 4.79 Å². The zero-order valence-electron chi connectivity index (χ0n) is 11.8. The van der Waals surface area contributed by atoms with Gasteiger partial charge in [-0.05, 0) is 31.0 Å². The van der Waals surface area contributed by atoms with E-state index < -0.39 is 11.6 Å². The van der Waals surface area contributed by atoms with Crippen molar-refractivity contribution in [1.82, 2.24) is 0 Å². The normalized spacial score (nSPS) is 24.4. The molecule has 2 atom stereocenters. The first-order valence-electron chi connectivity index (χ1n) is 6.85. The van der Waals surface area contributed by atoms with Crippen molar-refractivity contribution in [2.24, 2.45) is 0 Å². The number of hydrogen-bond acceptors (Lipinski definition) is 4. The predicted octanol–water partition coefficient (Wildman–Crippen LogP) is 2.41. The van der Waals surface area contributed by atoms with E-state index in [1.54, 1.807) is 0 Å². The Hall–Kier alpha value is -1.59. The van der Waals surface area contributed by atoms with Crippen molar-refractivity contribution >= 4 is 5.97 Å². The van der Waals surface area contributed by atoms with E-state index in [0.717, 1.165) is 11.3 Å². The third-order valence-corrected chi connectivity index (χ3v) is 3.47. The summed E-state index contributed by atoms with van der Waals surface area (Å²) in [5.74, 6) is -0.159. The number of ether oxygens (including phenoxy) is 3. The lowest BCUT2D eigenvalue weighted by Crippen LogP contribution is -2.23. The molecule has 0 amide bonds. The maximum atomic E-state index is 11.2. The number of aliphatic carboxylic acids is 1. The van der Waals surface area contributed by atoms with Crippen molar-refractivity contribution < 1.29 is 24.1 Å². The Balaban J connectivity index is 1.91. The van der Waals surface area contributed by atoms with Gasteiger partial charge in [0.2, 0.25) is 0 Å². The first kappa shape index (κ1) is 14.8.